The van der Waals surface area contributed by atoms with Crippen LogP contribution in [0.5, 0.6) is 0 Å². The highest BCUT2D eigenvalue weighted by molar-refractivity contribution is 14.0. The first-order valence-corrected chi connectivity index (χ1v) is 10.1. The van der Waals surface area contributed by atoms with Gasteiger partial charge in [-0.2, -0.15) is 0 Å². The fourth-order valence-electron chi connectivity index (χ4n) is 2.53. The van der Waals surface area contributed by atoms with Gasteiger partial charge in [-0.25, -0.2) is 0 Å². The van der Waals surface area contributed by atoms with Crippen molar-refractivity contribution in [1.82, 2.24) is 16.0 Å². The number of nitrogens with zero attached hydrogens (tertiary/aromatic N) is 1. The van der Waals surface area contributed by atoms with Crippen LogP contribution in [0.25, 0.3) is 0 Å². The molecule has 3 N–H and O–H groups in total. The van der Waals surface area contributed by atoms with Gasteiger partial charge in [-0.1, -0.05) is 29.8 Å². The van der Waals surface area contributed by atoms with E-state index < -0.39 is 0 Å². The molecule has 28 heavy (non-hydrogen) atoms. The zero-order valence-corrected chi connectivity index (χ0v) is 19.8. The van der Waals surface area contributed by atoms with Crippen LogP contribution in [0, 0.1) is 6.92 Å². The van der Waals surface area contributed by atoms with Crippen LogP contribution in [0.15, 0.2) is 58.4 Å². The molecule has 0 unspecified atom stereocenters. The Morgan fingerprint density at radius 2 is 1.79 bits per heavy atom. The normalized spacial score (nSPS) is 10.8. The van der Waals surface area contributed by atoms with Crippen LogP contribution in [-0.2, 0) is 6.42 Å². The van der Waals surface area contributed by atoms with Crippen molar-refractivity contribution in [1.29, 1.82) is 0 Å². The molecule has 2 aromatic rings. The number of amides is 1. The first-order chi connectivity index (χ1) is 13.1. The zero-order chi connectivity index (χ0) is 19.5. The van der Waals surface area contributed by atoms with E-state index in [1.807, 2.05) is 36.0 Å². The quantitative estimate of drug-likeness (QED) is 0.167. The number of nitrogens with one attached hydrogen (secondary N) is 3. The highest BCUT2D eigenvalue weighted by Gasteiger charge is 2.04. The average molecular weight is 512 g/mol. The van der Waals surface area contributed by atoms with Crippen molar-refractivity contribution in [2.45, 2.75) is 18.2 Å². The molecule has 5 nitrogen and oxygen atoms in total. The number of carbonyl (C=O) groups is 1. The smallest absolute Gasteiger partial charge is 0.251 e. The minimum absolute atomic E-state index is 0. The Kier molecular flexibility index (Phi) is 11.7. The van der Waals surface area contributed by atoms with Crippen molar-refractivity contribution in [2.75, 3.05) is 32.9 Å². The molecule has 0 aliphatic rings. The molecule has 0 bridgehead atoms. The van der Waals surface area contributed by atoms with Crippen LogP contribution in [0.1, 0.15) is 21.5 Å². The highest BCUT2D eigenvalue weighted by atomic mass is 127. The number of benzene rings is 2. The van der Waals surface area contributed by atoms with Crippen LogP contribution in [-0.4, -0.2) is 44.8 Å². The Morgan fingerprint density at radius 3 is 2.46 bits per heavy atom. The summed E-state index contributed by atoms with van der Waals surface area (Å²) in [6, 6.07) is 16.3. The molecular weight excluding hydrogens is 483 g/mol. The van der Waals surface area contributed by atoms with Gasteiger partial charge in [0.05, 0.1) is 0 Å². The van der Waals surface area contributed by atoms with Crippen molar-refractivity contribution in [3.63, 3.8) is 0 Å². The Balaban J connectivity index is 0.00000392. The summed E-state index contributed by atoms with van der Waals surface area (Å²) >= 11 is 1.83. The van der Waals surface area contributed by atoms with Crippen molar-refractivity contribution < 1.29 is 4.79 Å². The number of hydrogen-bond donors (Lipinski definition) is 3. The topological polar surface area (TPSA) is 65.5 Å². The summed E-state index contributed by atoms with van der Waals surface area (Å²) in [6.07, 6.45) is 0.823. The van der Waals surface area contributed by atoms with E-state index in [1.165, 1.54) is 10.5 Å². The molecule has 0 spiro atoms. The van der Waals surface area contributed by atoms with Gasteiger partial charge in [0.2, 0.25) is 0 Å². The minimum atomic E-state index is -0.0617. The summed E-state index contributed by atoms with van der Waals surface area (Å²) in [5.74, 6) is 1.70. The Hall–Kier alpha value is -1.74. The number of carbonyl (C=O) groups excluding carboxylic acids is 1. The lowest BCUT2D eigenvalue weighted by Crippen LogP contribution is -2.39. The molecule has 2 aromatic carbocycles. The van der Waals surface area contributed by atoms with Crippen molar-refractivity contribution >= 4 is 47.6 Å². The van der Waals surface area contributed by atoms with E-state index >= 15 is 0 Å². The first-order valence-electron chi connectivity index (χ1n) is 9.07. The van der Waals surface area contributed by atoms with E-state index in [4.69, 9.17) is 0 Å². The molecule has 0 heterocycles. The Bertz CT molecular complexity index is 765. The molecule has 0 fully saturated rings. The van der Waals surface area contributed by atoms with E-state index in [2.05, 4.69) is 52.1 Å². The molecule has 0 aromatic heterocycles. The number of guanidine groups is 1. The number of aliphatic imine (C=N–C) groups is 1. The van der Waals surface area contributed by atoms with E-state index in [-0.39, 0.29) is 29.9 Å². The van der Waals surface area contributed by atoms with Crippen LogP contribution in [0.4, 0.5) is 0 Å². The monoisotopic (exact) mass is 512 g/mol. The summed E-state index contributed by atoms with van der Waals surface area (Å²) in [4.78, 5) is 17.2. The Morgan fingerprint density at radius 1 is 1.07 bits per heavy atom. The molecule has 1 amide bonds. The van der Waals surface area contributed by atoms with Gasteiger partial charge in [0, 0.05) is 43.4 Å². The number of hydrogen-bond acceptors (Lipinski definition) is 3. The second kappa shape index (κ2) is 13.4. The van der Waals surface area contributed by atoms with E-state index in [0.717, 1.165) is 36.8 Å². The fourth-order valence-corrected chi connectivity index (χ4v) is 3.30. The molecule has 0 aliphatic carbocycles. The van der Waals surface area contributed by atoms with Gasteiger partial charge in [0.25, 0.3) is 5.91 Å². The largest absolute Gasteiger partial charge is 0.356 e. The van der Waals surface area contributed by atoms with Crippen LogP contribution in [0.3, 0.4) is 0 Å². The standard InChI is InChI=1S/C21H28N4OS.HI/c1-16-7-9-19(10-8-16)27-14-13-25-21(23-3)24-12-11-17-5-4-6-18(15-17)20(26)22-2;/h4-10,15H,11-14H2,1-3H3,(H,22,26)(H2,23,24,25);1H. The van der Waals surface area contributed by atoms with Gasteiger partial charge in [-0.05, 0) is 43.2 Å². The molecule has 152 valence electrons. The van der Waals surface area contributed by atoms with Gasteiger partial charge in [-0.3, -0.25) is 9.79 Å². The fraction of sp³-hybridized carbons (Fsp3) is 0.333. The lowest BCUT2D eigenvalue weighted by Gasteiger charge is -2.12. The van der Waals surface area contributed by atoms with E-state index in [0.29, 0.717) is 5.56 Å². The maximum Gasteiger partial charge on any atom is 0.251 e. The molecule has 0 aliphatic heterocycles. The van der Waals surface area contributed by atoms with Gasteiger partial charge in [-0.15, -0.1) is 35.7 Å². The lowest BCUT2D eigenvalue weighted by molar-refractivity contribution is 0.0963. The molecule has 0 saturated heterocycles. The summed E-state index contributed by atoms with van der Waals surface area (Å²) in [6.45, 7) is 3.69. The van der Waals surface area contributed by atoms with Crippen molar-refractivity contribution in [2.24, 2.45) is 4.99 Å². The average Bonchev–Trinajstić information content (AvgIpc) is 2.70. The van der Waals surface area contributed by atoms with Crippen LogP contribution >= 0.6 is 35.7 Å². The number of aryl methyl sites for hydroxylation is 1. The first kappa shape index (κ1) is 24.3. The Labute approximate surface area is 189 Å². The summed E-state index contributed by atoms with van der Waals surface area (Å²) in [5.41, 5.74) is 3.09. The second-order valence-electron chi connectivity index (χ2n) is 6.12. The van der Waals surface area contributed by atoms with Crippen molar-refractivity contribution in [3.8, 4) is 0 Å². The maximum atomic E-state index is 11.7. The summed E-state index contributed by atoms with van der Waals surface area (Å²) in [5, 5.41) is 9.30. The summed E-state index contributed by atoms with van der Waals surface area (Å²) < 4.78 is 0. The number of rotatable bonds is 8. The van der Waals surface area contributed by atoms with Crippen molar-refractivity contribution in [3.05, 3.63) is 65.2 Å². The third kappa shape index (κ3) is 8.52. The number of thioether (sulfide) groups is 1. The van der Waals surface area contributed by atoms with Crippen LogP contribution in [0.2, 0.25) is 0 Å². The molecule has 7 heteroatoms. The third-order valence-electron chi connectivity index (χ3n) is 4.03. The predicted octanol–water partition coefficient (Wildman–Crippen LogP) is 3.47. The number of halogens is 1. The third-order valence-corrected chi connectivity index (χ3v) is 5.04. The second-order valence-corrected chi connectivity index (χ2v) is 7.29. The van der Waals surface area contributed by atoms with E-state index in [1.54, 1.807) is 14.1 Å². The SMILES string of the molecule is CN=C(NCCSc1ccc(C)cc1)NCCc1cccc(C(=O)NC)c1.I. The molecule has 2 rings (SSSR count). The predicted molar refractivity (Wildman–Crippen MR) is 130 cm³/mol. The lowest BCUT2D eigenvalue weighted by atomic mass is 10.1. The highest BCUT2D eigenvalue weighted by Crippen LogP contribution is 2.17. The molecule has 0 radical (unpaired) electrons. The molecule has 0 atom stereocenters. The van der Waals surface area contributed by atoms with Gasteiger partial charge >= 0.3 is 0 Å². The minimum Gasteiger partial charge on any atom is -0.356 e. The van der Waals surface area contributed by atoms with Gasteiger partial charge < -0.3 is 16.0 Å². The van der Waals surface area contributed by atoms with Gasteiger partial charge in [0.1, 0.15) is 0 Å². The molecular formula is C21H29IN4OS. The zero-order valence-electron chi connectivity index (χ0n) is 16.6. The van der Waals surface area contributed by atoms with E-state index in [9.17, 15) is 4.79 Å². The maximum absolute atomic E-state index is 11.7. The molecule has 0 saturated carbocycles. The van der Waals surface area contributed by atoms with Crippen LogP contribution < -0.4 is 16.0 Å². The van der Waals surface area contributed by atoms with Gasteiger partial charge in [0.15, 0.2) is 5.96 Å². The summed E-state index contributed by atoms with van der Waals surface area (Å²) in [7, 11) is 3.41.